The molecule has 36 heavy (non-hydrogen) atoms. The first-order chi connectivity index (χ1) is 17.5. The molecular weight excluding hydrogens is 444 g/mol. The second-order valence-corrected chi connectivity index (χ2v) is 10.0. The number of benzene rings is 4. The highest BCUT2D eigenvalue weighted by Gasteiger charge is 2.13. The van der Waals surface area contributed by atoms with Crippen LogP contribution >= 0.6 is 0 Å². The summed E-state index contributed by atoms with van der Waals surface area (Å²) in [5.41, 5.74) is 2.72. The van der Waals surface area contributed by atoms with Crippen molar-refractivity contribution in [3.63, 3.8) is 0 Å². The molecule has 0 heterocycles. The Kier molecular flexibility index (Phi) is 8.84. The Morgan fingerprint density at radius 3 is 2.22 bits per heavy atom. The Labute approximate surface area is 216 Å². The van der Waals surface area contributed by atoms with E-state index in [-0.39, 0.29) is 0 Å². The van der Waals surface area contributed by atoms with E-state index in [0.29, 0.717) is 12.6 Å². The largest absolute Gasteiger partial charge is 0.497 e. The first kappa shape index (κ1) is 26.0. The highest BCUT2D eigenvalue weighted by Crippen LogP contribution is 2.30. The predicted octanol–water partition coefficient (Wildman–Crippen LogP) is 6.44. The lowest BCUT2D eigenvalue weighted by Crippen LogP contribution is -2.32. The van der Waals surface area contributed by atoms with Crippen LogP contribution in [0.2, 0.25) is 0 Å². The van der Waals surface area contributed by atoms with Crippen LogP contribution in [0.5, 0.6) is 11.5 Å². The van der Waals surface area contributed by atoms with Gasteiger partial charge in [-0.3, -0.25) is 0 Å². The van der Waals surface area contributed by atoms with Crippen LogP contribution in [0.1, 0.15) is 24.5 Å². The van der Waals surface area contributed by atoms with Crippen molar-refractivity contribution in [2.45, 2.75) is 32.2 Å². The first-order valence-corrected chi connectivity index (χ1v) is 13.0. The highest BCUT2D eigenvalue weighted by atomic mass is 16.5. The van der Waals surface area contributed by atoms with Crippen molar-refractivity contribution in [3.8, 4) is 11.5 Å². The lowest BCUT2D eigenvalue weighted by atomic mass is 10.0. The molecule has 0 spiro atoms. The van der Waals surface area contributed by atoms with E-state index in [4.69, 9.17) is 9.47 Å². The summed E-state index contributed by atoms with van der Waals surface area (Å²) in [5, 5.41) is 5.05. The van der Waals surface area contributed by atoms with Gasteiger partial charge in [0.15, 0.2) is 0 Å². The summed E-state index contributed by atoms with van der Waals surface area (Å²) >= 11 is 0. The zero-order valence-corrected chi connectivity index (χ0v) is 22.5. The molecule has 4 aromatic rings. The molecular formula is C32H40N2O2. The lowest BCUT2D eigenvalue weighted by Gasteiger charge is -2.25. The van der Waals surface area contributed by atoms with Gasteiger partial charge in [-0.25, -0.2) is 0 Å². The van der Waals surface area contributed by atoms with Crippen LogP contribution in [-0.4, -0.2) is 63.8 Å². The van der Waals surface area contributed by atoms with E-state index in [9.17, 15) is 0 Å². The predicted molar refractivity (Wildman–Crippen MR) is 153 cm³/mol. The molecule has 1 atom stereocenters. The molecule has 0 aliphatic carbocycles. The van der Waals surface area contributed by atoms with Gasteiger partial charge in [0.1, 0.15) is 11.5 Å². The Morgan fingerprint density at radius 1 is 0.778 bits per heavy atom. The second kappa shape index (κ2) is 12.2. The summed E-state index contributed by atoms with van der Waals surface area (Å²) in [7, 11) is 8.19. The number of ether oxygens (including phenoxy) is 2. The smallest absolute Gasteiger partial charge is 0.127 e. The zero-order valence-electron chi connectivity index (χ0n) is 22.5. The summed E-state index contributed by atoms with van der Waals surface area (Å²) in [5.74, 6) is 1.91. The van der Waals surface area contributed by atoms with E-state index >= 15 is 0 Å². The van der Waals surface area contributed by atoms with Crippen LogP contribution in [0.3, 0.4) is 0 Å². The van der Waals surface area contributed by atoms with E-state index in [1.54, 1.807) is 7.11 Å². The minimum Gasteiger partial charge on any atom is -0.497 e. The molecule has 4 heteroatoms. The number of fused-ring (bicyclic) bond motifs is 2. The number of hydrogen-bond donors (Lipinski definition) is 0. The topological polar surface area (TPSA) is 24.9 Å². The van der Waals surface area contributed by atoms with Gasteiger partial charge < -0.3 is 19.3 Å². The van der Waals surface area contributed by atoms with Gasteiger partial charge in [0.2, 0.25) is 0 Å². The maximum Gasteiger partial charge on any atom is 0.127 e. The zero-order chi connectivity index (χ0) is 25.5. The molecule has 4 rings (SSSR count). The minimum absolute atomic E-state index is 0.428. The molecule has 0 fully saturated rings. The van der Waals surface area contributed by atoms with E-state index in [1.807, 2.05) is 6.07 Å². The average molecular weight is 485 g/mol. The highest BCUT2D eigenvalue weighted by molar-refractivity contribution is 5.91. The van der Waals surface area contributed by atoms with Crippen LogP contribution in [0, 0.1) is 0 Å². The van der Waals surface area contributed by atoms with Crippen molar-refractivity contribution in [2.24, 2.45) is 0 Å². The van der Waals surface area contributed by atoms with Crippen molar-refractivity contribution in [1.82, 2.24) is 9.80 Å². The molecule has 1 unspecified atom stereocenters. The molecule has 4 aromatic carbocycles. The Morgan fingerprint density at radius 2 is 1.47 bits per heavy atom. The van der Waals surface area contributed by atoms with Crippen molar-refractivity contribution in [2.75, 3.05) is 47.9 Å². The molecule has 0 aromatic heterocycles. The van der Waals surface area contributed by atoms with Crippen molar-refractivity contribution < 1.29 is 9.47 Å². The average Bonchev–Trinajstić information content (AvgIpc) is 2.90. The fourth-order valence-corrected chi connectivity index (χ4v) is 4.79. The summed E-state index contributed by atoms with van der Waals surface area (Å²) in [6.07, 6.45) is 3.00. The molecule has 0 amide bonds. The van der Waals surface area contributed by atoms with E-state index in [1.165, 1.54) is 32.7 Å². The van der Waals surface area contributed by atoms with Crippen LogP contribution in [-0.2, 0) is 12.8 Å². The number of hydrogen-bond acceptors (Lipinski definition) is 4. The molecule has 0 saturated heterocycles. The van der Waals surface area contributed by atoms with E-state index in [2.05, 4.69) is 105 Å². The van der Waals surface area contributed by atoms with Gasteiger partial charge >= 0.3 is 0 Å². The van der Waals surface area contributed by atoms with Crippen molar-refractivity contribution >= 4 is 21.5 Å². The second-order valence-electron chi connectivity index (χ2n) is 10.0. The number of likely N-dealkylation sites (N-methyl/N-ethyl adjacent to an activating group) is 2. The van der Waals surface area contributed by atoms with Gasteiger partial charge in [-0.15, -0.1) is 0 Å². The fraction of sp³-hybridized carbons (Fsp3) is 0.375. The quantitative estimate of drug-likeness (QED) is 0.231. The summed E-state index contributed by atoms with van der Waals surface area (Å²) < 4.78 is 11.8. The van der Waals surface area contributed by atoms with Gasteiger partial charge in [0, 0.05) is 24.5 Å². The van der Waals surface area contributed by atoms with Gasteiger partial charge in [-0.05, 0) is 92.8 Å². The number of nitrogens with zero attached hydrogens (tertiary/aromatic N) is 2. The Bertz CT molecular complexity index is 1280. The molecule has 0 aliphatic rings. The maximum atomic E-state index is 6.38. The minimum atomic E-state index is 0.428. The third-order valence-corrected chi connectivity index (χ3v) is 7.24. The van der Waals surface area contributed by atoms with Crippen LogP contribution in [0.4, 0.5) is 0 Å². The molecule has 0 N–H and O–H groups in total. The number of methoxy groups -OCH3 is 1. The normalized spacial score (nSPS) is 12.5. The monoisotopic (exact) mass is 484 g/mol. The van der Waals surface area contributed by atoms with Crippen molar-refractivity contribution in [3.05, 3.63) is 83.9 Å². The van der Waals surface area contributed by atoms with Crippen LogP contribution in [0.15, 0.2) is 72.8 Å². The van der Waals surface area contributed by atoms with Crippen molar-refractivity contribution in [1.29, 1.82) is 0 Å². The third-order valence-electron chi connectivity index (χ3n) is 7.24. The summed E-state index contributed by atoms with van der Waals surface area (Å²) in [4.78, 5) is 4.67. The SMILES string of the molecule is COc1ccc2cccc(CCN(C)C(C)CCOc3cccc4cccc(CCN(C)C)c34)c2c1. The first-order valence-electron chi connectivity index (χ1n) is 13.0. The Balaban J connectivity index is 1.36. The van der Waals surface area contributed by atoms with Crippen LogP contribution in [0.25, 0.3) is 21.5 Å². The third kappa shape index (κ3) is 6.37. The van der Waals surface area contributed by atoms with Gasteiger partial charge in [0.05, 0.1) is 13.7 Å². The molecule has 0 radical (unpaired) electrons. The molecule has 190 valence electrons. The maximum absolute atomic E-state index is 6.38. The van der Waals surface area contributed by atoms with Gasteiger partial charge in [-0.1, -0.05) is 54.6 Å². The summed E-state index contributed by atoms with van der Waals surface area (Å²) in [6, 6.07) is 26.3. The molecule has 0 saturated carbocycles. The Hall–Kier alpha value is -3.08. The number of rotatable bonds is 12. The molecule has 4 nitrogen and oxygen atoms in total. The van der Waals surface area contributed by atoms with Crippen LogP contribution < -0.4 is 9.47 Å². The molecule has 0 aliphatic heterocycles. The van der Waals surface area contributed by atoms with E-state index in [0.717, 1.165) is 43.9 Å². The summed E-state index contributed by atoms with van der Waals surface area (Å²) in [6.45, 7) is 5.03. The fourth-order valence-electron chi connectivity index (χ4n) is 4.79. The van der Waals surface area contributed by atoms with E-state index < -0.39 is 0 Å². The standard InChI is InChI=1S/C32H40N2O2/c1-24(34(4)21-18-26-10-6-9-25-15-16-29(35-5)23-30(25)26)19-22-36-31-14-8-13-27-11-7-12-28(32(27)31)17-20-33(2)3/h6-16,23-24H,17-22H2,1-5H3. The van der Waals surface area contributed by atoms with Gasteiger partial charge in [0.25, 0.3) is 0 Å². The van der Waals surface area contributed by atoms with Gasteiger partial charge in [-0.2, -0.15) is 0 Å². The molecule has 0 bridgehead atoms. The lowest BCUT2D eigenvalue weighted by molar-refractivity contribution is 0.208.